The van der Waals surface area contributed by atoms with Crippen LogP contribution < -0.4 is 4.90 Å². The SMILES string of the molecule is CC1=CC(=O)N(c2ccc(F)c(F)c2)C1=O. The molecule has 0 N–H and O–H groups in total. The zero-order valence-electron chi connectivity index (χ0n) is 8.33. The molecular weight excluding hydrogens is 216 g/mol. The van der Waals surface area contributed by atoms with Gasteiger partial charge < -0.3 is 0 Å². The Morgan fingerprint density at radius 2 is 1.81 bits per heavy atom. The molecule has 0 aliphatic carbocycles. The highest BCUT2D eigenvalue weighted by Crippen LogP contribution is 2.23. The predicted octanol–water partition coefficient (Wildman–Crippen LogP) is 1.78. The third kappa shape index (κ3) is 1.50. The van der Waals surface area contributed by atoms with Crippen LogP contribution in [-0.2, 0) is 9.59 Å². The molecule has 1 aromatic rings. The summed E-state index contributed by atoms with van der Waals surface area (Å²) in [5, 5.41) is 0. The van der Waals surface area contributed by atoms with Gasteiger partial charge in [0, 0.05) is 17.7 Å². The number of amides is 2. The molecule has 1 aliphatic heterocycles. The van der Waals surface area contributed by atoms with E-state index in [1.165, 1.54) is 13.0 Å². The van der Waals surface area contributed by atoms with Crippen LogP contribution in [0.15, 0.2) is 29.8 Å². The monoisotopic (exact) mass is 223 g/mol. The van der Waals surface area contributed by atoms with E-state index in [-0.39, 0.29) is 11.3 Å². The molecule has 1 aromatic carbocycles. The number of imide groups is 1. The van der Waals surface area contributed by atoms with E-state index in [2.05, 4.69) is 0 Å². The number of carbonyl (C=O) groups excluding carboxylic acids is 2. The fourth-order valence-corrected chi connectivity index (χ4v) is 1.46. The van der Waals surface area contributed by atoms with Crippen LogP contribution in [0.2, 0.25) is 0 Å². The summed E-state index contributed by atoms with van der Waals surface area (Å²) in [6.45, 7) is 1.49. The van der Waals surface area contributed by atoms with Gasteiger partial charge in [-0.05, 0) is 19.1 Å². The number of nitrogens with zero attached hydrogens (tertiary/aromatic N) is 1. The molecule has 0 saturated heterocycles. The van der Waals surface area contributed by atoms with Gasteiger partial charge in [-0.2, -0.15) is 0 Å². The topological polar surface area (TPSA) is 37.4 Å². The molecule has 5 heteroatoms. The number of halogens is 2. The first-order valence-electron chi connectivity index (χ1n) is 4.52. The largest absolute Gasteiger partial charge is 0.269 e. The zero-order chi connectivity index (χ0) is 11.9. The van der Waals surface area contributed by atoms with Gasteiger partial charge in [-0.15, -0.1) is 0 Å². The van der Waals surface area contributed by atoms with Crippen molar-refractivity contribution in [3.63, 3.8) is 0 Å². The average Bonchev–Trinajstić information content (AvgIpc) is 2.47. The Labute approximate surface area is 90.0 Å². The van der Waals surface area contributed by atoms with E-state index in [9.17, 15) is 18.4 Å². The minimum atomic E-state index is -1.09. The van der Waals surface area contributed by atoms with E-state index in [0.29, 0.717) is 0 Å². The average molecular weight is 223 g/mol. The second-order valence-electron chi connectivity index (χ2n) is 3.40. The molecule has 0 aromatic heterocycles. The van der Waals surface area contributed by atoms with Crippen LogP contribution in [0.4, 0.5) is 14.5 Å². The Kier molecular flexibility index (Phi) is 2.30. The van der Waals surface area contributed by atoms with Gasteiger partial charge in [0.25, 0.3) is 11.8 Å². The molecule has 0 spiro atoms. The van der Waals surface area contributed by atoms with Gasteiger partial charge in [-0.3, -0.25) is 9.59 Å². The molecule has 0 unspecified atom stereocenters. The number of carbonyl (C=O) groups is 2. The number of hydrogen-bond donors (Lipinski definition) is 0. The Hall–Kier alpha value is -2.04. The van der Waals surface area contributed by atoms with Crippen LogP contribution in [0.25, 0.3) is 0 Å². The predicted molar refractivity (Wildman–Crippen MR) is 52.6 cm³/mol. The molecule has 0 fully saturated rings. The first-order valence-corrected chi connectivity index (χ1v) is 4.52. The third-order valence-electron chi connectivity index (χ3n) is 2.26. The number of rotatable bonds is 1. The summed E-state index contributed by atoms with van der Waals surface area (Å²) in [6, 6.07) is 2.87. The van der Waals surface area contributed by atoms with E-state index in [1.807, 2.05) is 0 Å². The Bertz CT molecular complexity index is 523. The summed E-state index contributed by atoms with van der Waals surface area (Å²) in [5.74, 6) is -3.18. The lowest BCUT2D eigenvalue weighted by Gasteiger charge is -2.14. The Morgan fingerprint density at radius 1 is 1.12 bits per heavy atom. The van der Waals surface area contributed by atoms with E-state index in [1.54, 1.807) is 0 Å². The van der Waals surface area contributed by atoms with E-state index in [4.69, 9.17) is 0 Å². The van der Waals surface area contributed by atoms with Crippen molar-refractivity contribution in [1.82, 2.24) is 0 Å². The first-order chi connectivity index (χ1) is 7.50. The molecular formula is C11H7F2NO2. The molecule has 0 bridgehead atoms. The maximum Gasteiger partial charge on any atom is 0.261 e. The van der Waals surface area contributed by atoms with Crippen LogP contribution in [-0.4, -0.2) is 11.8 Å². The molecule has 1 heterocycles. The van der Waals surface area contributed by atoms with Crippen molar-refractivity contribution in [2.75, 3.05) is 4.90 Å². The fraction of sp³-hybridized carbons (Fsp3) is 0.0909. The van der Waals surface area contributed by atoms with Crippen LogP contribution in [0, 0.1) is 11.6 Å². The molecule has 3 nitrogen and oxygen atoms in total. The van der Waals surface area contributed by atoms with Crippen molar-refractivity contribution in [3.05, 3.63) is 41.5 Å². The maximum absolute atomic E-state index is 12.9. The van der Waals surface area contributed by atoms with Crippen molar-refractivity contribution in [2.45, 2.75) is 6.92 Å². The summed E-state index contributed by atoms with van der Waals surface area (Å²) in [7, 11) is 0. The lowest BCUT2D eigenvalue weighted by molar-refractivity contribution is -0.120. The second kappa shape index (κ2) is 3.52. The molecule has 2 amide bonds. The summed E-state index contributed by atoms with van der Waals surface area (Å²) in [6.07, 6.45) is 1.16. The van der Waals surface area contributed by atoms with Gasteiger partial charge in [-0.25, -0.2) is 13.7 Å². The van der Waals surface area contributed by atoms with Crippen LogP contribution in [0.1, 0.15) is 6.92 Å². The Morgan fingerprint density at radius 3 is 2.31 bits per heavy atom. The van der Waals surface area contributed by atoms with Crippen LogP contribution in [0.3, 0.4) is 0 Å². The van der Waals surface area contributed by atoms with Crippen molar-refractivity contribution in [1.29, 1.82) is 0 Å². The highest BCUT2D eigenvalue weighted by Gasteiger charge is 2.30. The minimum absolute atomic E-state index is 0.0296. The van der Waals surface area contributed by atoms with Crippen molar-refractivity contribution in [3.8, 4) is 0 Å². The van der Waals surface area contributed by atoms with E-state index >= 15 is 0 Å². The highest BCUT2D eigenvalue weighted by atomic mass is 19.2. The zero-order valence-corrected chi connectivity index (χ0v) is 8.33. The number of anilines is 1. The van der Waals surface area contributed by atoms with Gasteiger partial charge >= 0.3 is 0 Å². The van der Waals surface area contributed by atoms with Gasteiger partial charge in [-0.1, -0.05) is 0 Å². The molecule has 16 heavy (non-hydrogen) atoms. The first kappa shape index (κ1) is 10.5. The molecule has 0 radical (unpaired) electrons. The quantitative estimate of drug-likeness (QED) is 0.680. The summed E-state index contributed by atoms with van der Waals surface area (Å²) in [4.78, 5) is 23.7. The normalized spacial score (nSPS) is 15.7. The third-order valence-corrected chi connectivity index (χ3v) is 2.26. The smallest absolute Gasteiger partial charge is 0.261 e. The van der Waals surface area contributed by atoms with Gasteiger partial charge in [0.1, 0.15) is 0 Å². The van der Waals surface area contributed by atoms with E-state index in [0.717, 1.165) is 23.1 Å². The van der Waals surface area contributed by atoms with E-state index < -0.39 is 23.4 Å². The van der Waals surface area contributed by atoms with Crippen molar-refractivity contribution < 1.29 is 18.4 Å². The summed E-state index contributed by atoms with van der Waals surface area (Å²) in [5.41, 5.74) is 0.303. The number of hydrogen-bond acceptors (Lipinski definition) is 2. The molecule has 2 rings (SSSR count). The van der Waals surface area contributed by atoms with Crippen molar-refractivity contribution >= 4 is 17.5 Å². The highest BCUT2D eigenvalue weighted by molar-refractivity contribution is 6.30. The Balaban J connectivity index is 2.43. The molecule has 82 valence electrons. The van der Waals surface area contributed by atoms with Crippen LogP contribution in [0.5, 0.6) is 0 Å². The molecule has 0 atom stereocenters. The maximum atomic E-state index is 12.9. The number of benzene rings is 1. The lowest BCUT2D eigenvalue weighted by atomic mass is 10.2. The standard InChI is InChI=1S/C11H7F2NO2/c1-6-4-10(15)14(11(6)16)7-2-3-8(12)9(13)5-7/h2-5H,1H3. The summed E-state index contributed by atoms with van der Waals surface area (Å²) < 4.78 is 25.6. The molecule has 1 aliphatic rings. The van der Waals surface area contributed by atoms with Gasteiger partial charge in [0.05, 0.1) is 5.69 Å². The summed E-state index contributed by atoms with van der Waals surface area (Å²) >= 11 is 0. The van der Waals surface area contributed by atoms with Crippen molar-refractivity contribution in [2.24, 2.45) is 0 Å². The lowest BCUT2D eigenvalue weighted by Crippen LogP contribution is -2.30. The van der Waals surface area contributed by atoms with Crippen LogP contribution >= 0.6 is 0 Å². The van der Waals surface area contributed by atoms with Gasteiger partial charge in [0.2, 0.25) is 0 Å². The second-order valence-corrected chi connectivity index (χ2v) is 3.40. The van der Waals surface area contributed by atoms with Gasteiger partial charge in [0.15, 0.2) is 11.6 Å². The fourth-order valence-electron chi connectivity index (χ4n) is 1.46. The minimum Gasteiger partial charge on any atom is -0.269 e. The molecule has 0 saturated carbocycles.